The molecular weight excluding hydrogens is 407 g/mol. The first-order chi connectivity index (χ1) is 14.9. The Kier molecular flexibility index (Phi) is 4.53. The zero-order valence-electron chi connectivity index (χ0n) is 17.0. The second-order valence-electron chi connectivity index (χ2n) is 7.98. The van der Waals surface area contributed by atoms with Crippen LogP contribution in [0.4, 0.5) is 13.2 Å². The molecule has 31 heavy (non-hydrogen) atoms. The van der Waals surface area contributed by atoms with Crippen molar-refractivity contribution in [3.63, 3.8) is 0 Å². The average molecular weight is 427 g/mol. The minimum atomic E-state index is -1.23. The Labute approximate surface area is 177 Å². The number of fused-ring (bicyclic) bond motifs is 4. The minimum Gasteiger partial charge on any atom is -0.497 e. The van der Waals surface area contributed by atoms with Crippen LogP contribution in [0, 0.1) is 17.5 Å². The predicted octanol–water partition coefficient (Wildman–Crippen LogP) is 4.42. The maximum Gasteiger partial charge on any atom is 0.254 e. The number of benzene rings is 2. The quantitative estimate of drug-likeness (QED) is 0.582. The first kappa shape index (κ1) is 19.7. The van der Waals surface area contributed by atoms with Gasteiger partial charge in [-0.1, -0.05) is 6.07 Å². The van der Waals surface area contributed by atoms with E-state index in [9.17, 15) is 18.0 Å². The molecular formula is C23H20F3N3O2. The van der Waals surface area contributed by atoms with Crippen molar-refractivity contribution in [3.05, 3.63) is 70.7 Å². The molecule has 0 aliphatic carbocycles. The molecule has 0 radical (unpaired) electrons. The van der Waals surface area contributed by atoms with Crippen LogP contribution in [-0.2, 0) is 13.5 Å². The first-order valence-electron chi connectivity index (χ1n) is 10.1. The van der Waals surface area contributed by atoms with Crippen molar-refractivity contribution in [1.82, 2.24) is 14.7 Å². The Morgan fingerprint density at radius 1 is 1.10 bits per heavy atom. The lowest BCUT2D eigenvalue weighted by atomic mass is 9.94. The van der Waals surface area contributed by atoms with E-state index in [1.807, 2.05) is 4.90 Å². The summed E-state index contributed by atoms with van der Waals surface area (Å²) >= 11 is 0. The SMILES string of the molecule is COc1cccc(C(=O)N2[C@@H]3CC[C@H]2c2nn(C)c(-c4cc(F)c(F)cc4F)c2C3)c1. The molecule has 1 fully saturated rings. The van der Waals surface area contributed by atoms with Crippen molar-refractivity contribution < 1.29 is 22.7 Å². The van der Waals surface area contributed by atoms with E-state index in [1.165, 1.54) is 4.68 Å². The van der Waals surface area contributed by atoms with Crippen molar-refractivity contribution in [2.45, 2.75) is 31.3 Å². The highest BCUT2D eigenvalue weighted by atomic mass is 19.2. The largest absolute Gasteiger partial charge is 0.497 e. The summed E-state index contributed by atoms with van der Waals surface area (Å²) in [6.45, 7) is 0. The summed E-state index contributed by atoms with van der Waals surface area (Å²) in [5, 5.41) is 4.57. The molecule has 2 aliphatic rings. The number of amides is 1. The molecule has 1 amide bonds. The summed E-state index contributed by atoms with van der Waals surface area (Å²) in [5.41, 5.74) is 2.41. The lowest BCUT2D eigenvalue weighted by molar-refractivity contribution is 0.0642. The number of carbonyl (C=O) groups is 1. The highest BCUT2D eigenvalue weighted by Crippen LogP contribution is 2.47. The average Bonchev–Trinajstić information content (AvgIpc) is 3.26. The van der Waals surface area contributed by atoms with E-state index in [-0.39, 0.29) is 23.6 Å². The van der Waals surface area contributed by atoms with Gasteiger partial charge in [0, 0.05) is 35.8 Å². The van der Waals surface area contributed by atoms with Gasteiger partial charge in [-0.2, -0.15) is 5.10 Å². The van der Waals surface area contributed by atoms with Gasteiger partial charge in [0.1, 0.15) is 11.6 Å². The monoisotopic (exact) mass is 427 g/mol. The third-order valence-corrected chi connectivity index (χ3v) is 6.25. The van der Waals surface area contributed by atoms with Crippen LogP contribution in [0.1, 0.15) is 40.5 Å². The number of nitrogens with zero attached hydrogens (tertiary/aromatic N) is 3. The molecule has 1 aromatic heterocycles. The van der Waals surface area contributed by atoms with Gasteiger partial charge in [0.2, 0.25) is 0 Å². The standard InChI is InChI=1S/C23H20F3N3O2/c1-28-22(15-10-18(25)19(26)11-17(15)24)16-9-13-6-7-20(21(16)27-28)29(13)23(30)12-4-3-5-14(8-12)31-2/h3-5,8,10-11,13,20H,6-7,9H2,1-2H3/t13-,20+/m1/s1. The fourth-order valence-corrected chi connectivity index (χ4v) is 4.90. The van der Waals surface area contributed by atoms with Crippen LogP contribution in [0.25, 0.3) is 11.3 Å². The second-order valence-corrected chi connectivity index (χ2v) is 7.98. The molecule has 2 atom stereocenters. The minimum absolute atomic E-state index is 0.0258. The molecule has 0 N–H and O–H groups in total. The summed E-state index contributed by atoms with van der Waals surface area (Å²) in [7, 11) is 3.20. The predicted molar refractivity (Wildman–Crippen MR) is 107 cm³/mol. The van der Waals surface area contributed by atoms with E-state index < -0.39 is 17.5 Å². The van der Waals surface area contributed by atoms with Crippen molar-refractivity contribution in [2.75, 3.05) is 7.11 Å². The lowest BCUT2D eigenvalue weighted by Gasteiger charge is -2.34. The van der Waals surface area contributed by atoms with Gasteiger partial charge < -0.3 is 9.64 Å². The maximum absolute atomic E-state index is 14.5. The normalized spacial score (nSPS) is 19.5. The Balaban J connectivity index is 1.56. The molecule has 3 heterocycles. The van der Waals surface area contributed by atoms with Gasteiger partial charge in [-0.25, -0.2) is 13.2 Å². The highest BCUT2D eigenvalue weighted by molar-refractivity contribution is 5.95. The van der Waals surface area contributed by atoms with Crippen LogP contribution in [0.15, 0.2) is 36.4 Å². The van der Waals surface area contributed by atoms with Crippen molar-refractivity contribution >= 4 is 5.91 Å². The number of halogens is 3. The molecule has 2 bridgehead atoms. The molecule has 5 nitrogen and oxygen atoms in total. The molecule has 160 valence electrons. The Hall–Kier alpha value is -3.29. The third kappa shape index (κ3) is 3.00. The molecule has 0 unspecified atom stereocenters. The number of rotatable bonds is 3. The van der Waals surface area contributed by atoms with Gasteiger partial charge in [-0.3, -0.25) is 9.48 Å². The van der Waals surface area contributed by atoms with E-state index in [0.29, 0.717) is 35.2 Å². The van der Waals surface area contributed by atoms with Crippen LogP contribution in [0.2, 0.25) is 0 Å². The summed E-state index contributed by atoms with van der Waals surface area (Å²) in [5.74, 6) is -2.69. The molecule has 0 spiro atoms. The van der Waals surface area contributed by atoms with E-state index in [4.69, 9.17) is 4.74 Å². The van der Waals surface area contributed by atoms with Gasteiger partial charge in [0.25, 0.3) is 5.91 Å². The van der Waals surface area contributed by atoms with Gasteiger partial charge in [0.15, 0.2) is 11.6 Å². The van der Waals surface area contributed by atoms with Gasteiger partial charge in [0.05, 0.1) is 24.5 Å². The number of ether oxygens (including phenoxy) is 1. The van der Waals surface area contributed by atoms with E-state index in [1.54, 1.807) is 38.4 Å². The first-order valence-corrected chi connectivity index (χ1v) is 10.1. The number of aromatic nitrogens is 2. The van der Waals surface area contributed by atoms with Gasteiger partial charge >= 0.3 is 0 Å². The summed E-state index contributed by atoms with van der Waals surface area (Å²) in [6, 6.07) is 8.11. The van der Waals surface area contributed by atoms with Gasteiger partial charge in [-0.15, -0.1) is 0 Å². The molecule has 8 heteroatoms. The number of carbonyl (C=O) groups excluding carboxylic acids is 1. The lowest BCUT2D eigenvalue weighted by Crippen LogP contribution is -2.41. The second kappa shape index (κ2) is 7.14. The van der Waals surface area contributed by atoms with Crippen LogP contribution in [0.5, 0.6) is 5.75 Å². The van der Waals surface area contributed by atoms with Gasteiger partial charge in [-0.05, 0) is 43.5 Å². The van der Waals surface area contributed by atoms with Crippen LogP contribution in [0.3, 0.4) is 0 Å². The molecule has 5 rings (SSSR count). The number of aryl methyl sites for hydroxylation is 1. The molecule has 2 aromatic carbocycles. The molecule has 1 saturated heterocycles. The Morgan fingerprint density at radius 2 is 1.87 bits per heavy atom. The fraction of sp³-hybridized carbons (Fsp3) is 0.304. The smallest absolute Gasteiger partial charge is 0.254 e. The molecule has 2 aliphatic heterocycles. The Bertz CT molecular complexity index is 1210. The van der Waals surface area contributed by atoms with Crippen molar-refractivity contribution in [3.8, 4) is 17.0 Å². The summed E-state index contributed by atoms with van der Waals surface area (Å²) < 4.78 is 48.6. The van der Waals surface area contributed by atoms with Crippen LogP contribution >= 0.6 is 0 Å². The Morgan fingerprint density at radius 3 is 2.65 bits per heavy atom. The summed E-state index contributed by atoms with van der Waals surface area (Å²) in [6.07, 6.45) is 2.01. The number of hydrogen-bond donors (Lipinski definition) is 0. The van der Waals surface area contributed by atoms with E-state index in [2.05, 4.69) is 5.10 Å². The van der Waals surface area contributed by atoms with Crippen LogP contribution < -0.4 is 4.74 Å². The molecule has 0 saturated carbocycles. The van der Waals surface area contributed by atoms with Crippen LogP contribution in [-0.4, -0.2) is 33.7 Å². The molecule has 3 aromatic rings. The van der Waals surface area contributed by atoms with E-state index in [0.717, 1.165) is 24.5 Å². The summed E-state index contributed by atoms with van der Waals surface area (Å²) in [4.78, 5) is 15.2. The van der Waals surface area contributed by atoms with Crippen molar-refractivity contribution in [1.29, 1.82) is 0 Å². The topological polar surface area (TPSA) is 47.4 Å². The zero-order valence-corrected chi connectivity index (χ0v) is 17.0. The highest BCUT2D eigenvalue weighted by Gasteiger charge is 2.46. The van der Waals surface area contributed by atoms with Crippen molar-refractivity contribution in [2.24, 2.45) is 7.05 Å². The number of methoxy groups -OCH3 is 1. The zero-order chi connectivity index (χ0) is 21.9. The third-order valence-electron chi connectivity index (χ3n) is 6.25. The fourth-order valence-electron chi connectivity index (χ4n) is 4.90. The maximum atomic E-state index is 14.5. The number of hydrogen-bond acceptors (Lipinski definition) is 3. The van der Waals surface area contributed by atoms with E-state index >= 15 is 0 Å².